The highest BCUT2D eigenvalue weighted by atomic mass is 35.5. The lowest BCUT2D eigenvalue weighted by Crippen LogP contribution is -2.25. The number of nitrogens with two attached hydrogens (primary N) is 1. The third-order valence-electron chi connectivity index (χ3n) is 2.08. The Morgan fingerprint density at radius 3 is 2.53 bits per heavy atom. The van der Waals surface area contributed by atoms with E-state index in [-0.39, 0.29) is 10.6 Å². The number of carbonyl (C=O) groups is 1. The summed E-state index contributed by atoms with van der Waals surface area (Å²) in [6.45, 7) is 5.78. The second-order valence-corrected chi connectivity index (χ2v) is 4.73. The zero-order chi connectivity index (χ0) is 11.8. The second-order valence-electron chi connectivity index (χ2n) is 4.37. The average Bonchev–Trinajstić information content (AvgIpc) is 2.44. The van der Waals surface area contributed by atoms with Crippen LogP contribution in [0, 0.1) is 0 Å². The maximum Gasteiger partial charge on any atom is 0.325 e. The first-order chi connectivity index (χ1) is 6.75. The fraction of sp³-hybridized carbons (Fsp3) is 0.556. The van der Waals surface area contributed by atoms with Crippen molar-refractivity contribution >= 4 is 17.6 Å². The first-order valence-corrected chi connectivity index (χ1v) is 4.85. The van der Waals surface area contributed by atoms with Gasteiger partial charge in [0.1, 0.15) is 6.04 Å². The molecule has 0 amide bonds. The van der Waals surface area contributed by atoms with Gasteiger partial charge in [-0.15, -0.1) is 0 Å². The molecule has 0 spiro atoms. The van der Waals surface area contributed by atoms with Gasteiger partial charge in [-0.2, -0.15) is 5.10 Å². The second kappa shape index (κ2) is 3.83. The van der Waals surface area contributed by atoms with E-state index < -0.39 is 12.0 Å². The average molecular weight is 232 g/mol. The Balaban J connectivity index is 3.27. The quantitative estimate of drug-likeness (QED) is 0.718. The molecule has 1 aromatic rings. The van der Waals surface area contributed by atoms with E-state index in [1.807, 2.05) is 20.8 Å². The molecule has 84 valence electrons. The number of carboxylic acid groups (broad SMARTS) is 1. The van der Waals surface area contributed by atoms with Crippen molar-refractivity contribution in [2.24, 2.45) is 5.73 Å². The number of H-pyrrole nitrogens is 1. The minimum Gasteiger partial charge on any atom is -0.480 e. The molecule has 0 saturated carbocycles. The number of carboxylic acids is 1. The van der Waals surface area contributed by atoms with Crippen LogP contribution in [0.5, 0.6) is 0 Å². The molecule has 0 aromatic carbocycles. The Labute approximate surface area is 92.6 Å². The maximum absolute atomic E-state index is 10.8. The Morgan fingerprint density at radius 1 is 1.60 bits per heavy atom. The summed E-state index contributed by atoms with van der Waals surface area (Å²) in [7, 11) is 0. The fourth-order valence-electron chi connectivity index (χ4n) is 1.31. The van der Waals surface area contributed by atoms with E-state index in [2.05, 4.69) is 10.2 Å². The van der Waals surface area contributed by atoms with Crippen LogP contribution >= 0.6 is 11.6 Å². The standard InChI is InChI=1S/C9H14ClN3O2/c1-9(2,3)6-4(5(11)8(14)15)7(10)13-12-6/h5H,11H2,1-3H3,(H,12,13)(H,14,15). The van der Waals surface area contributed by atoms with Gasteiger partial charge in [0.2, 0.25) is 0 Å². The van der Waals surface area contributed by atoms with Crippen molar-refractivity contribution in [3.05, 3.63) is 16.4 Å². The van der Waals surface area contributed by atoms with Crippen LogP contribution in [0.15, 0.2) is 0 Å². The van der Waals surface area contributed by atoms with E-state index in [9.17, 15) is 4.79 Å². The van der Waals surface area contributed by atoms with Gasteiger partial charge >= 0.3 is 5.97 Å². The lowest BCUT2D eigenvalue weighted by Gasteiger charge is -2.19. The van der Waals surface area contributed by atoms with Crippen LogP contribution in [0.4, 0.5) is 0 Å². The molecule has 1 rings (SSSR count). The van der Waals surface area contributed by atoms with Crippen molar-refractivity contribution in [1.82, 2.24) is 10.2 Å². The van der Waals surface area contributed by atoms with E-state index in [4.69, 9.17) is 22.4 Å². The van der Waals surface area contributed by atoms with E-state index >= 15 is 0 Å². The molecule has 4 N–H and O–H groups in total. The molecule has 1 unspecified atom stereocenters. The van der Waals surface area contributed by atoms with Gasteiger partial charge in [0.25, 0.3) is 0 Å². The Kier molecular flexibility index (Phi) is 3.06. The zero-order valence-corrected chi connectivity index (χ0v) is 9.59. The van der Waals surface area contributed by atoms with Crippen molar-refractivity contribution in [2.75, 3.05) is 0 Å². The smallest absolute Gasteiger partial charge is 0.325 e. The summed E-state index contributed by atoms with van der Waals surface area (Å²) in [5.74, 6) is -1.12. The number of aromatic nitrogens is 2. The number of halogens is 1. The first kappa shape index (κ1) is 12.0. The van der Waals surface area contributed by atoms with Gasteiger partial charge < -0.3 is 10.8 Å². The number of nitrogens with one attached hydrogen (secondary N) is 1. The van der Waals surface area contributed by atoms with Gasteiger partial charge in [0.15, 0.2) is 5.15 Å². The van der Waals surface area contributed by atoms with Crippen molar-refractivity contribution in [3.8, 4) is 0 Å². The van der Waals surface area contributed by atoms with E-state index in [1.165, 1.54) is 0 Å². The Morgan fingerprint density at radius 2 is 2.13 bits per heavy atom. The number of aromatic amines is 1. The summed E-state index contributed by atoms with van der Waals surface area (Å²) < 4.78 is 0. The van der Waals surface area contributed by atoms with Crippen LogP contribution < -0.4 is 5.73 Å². The third-order valence-corrected chi connectivity index (χ3v) is 2.37. The van der Waals surface area contributed by atoms with Gasteiger partial charge in [-0.25, -0.2) is 0 Å². The molecule has 6 heteroatoms. The van der Waals surface area contributed by atoms with Gasteiger partial charge in [-0.1, -0.05) is 32.4 Å². The molecule has 1 aromatic heterocycles. The molecule has 0 fully saturated rings. The molecule has 0 aliphatic heterocycles. The minimum atomic E-state index is -1.15. The number of aliphatic carboxylic acids is 1. The highest BCUT2D eigenvalue weighted by Crippen LogP contribution is 2.31. The van der Waals surface area contributed by atoms with Gasteiger partial charge in [-0.05, 0) is 0 Å². The molecule has 0 saturated heterocycles. The van der Waals surface area contributed by atoms with E-state index in [0.717, 1.165) is 0 Å². The molecular weight excluding hydrogens is 218 g/mol. The van der Waals surface area contributed by atoms with Crippen LogP contribution in [0.3, 0.4) is 0 Å². The number of nitrogens with zero attached hydrogens (tertiary/aromatic N) is 1. The van der Waals surface area contributed by atoms with E-state index in [0.29, 0.717) is 11.3 Å². The van der Waals surface area contributed by atoms with Gasteiger partial charge in [0.05, 0.1) is 0 Å². The summed E-state index contributed by atoms with van der Waals surface area (Å²) in [5, 5.41) is 15.5. The number of hydrogen-bond donors (Lipinski definition) is 3. The van der Waals surface area contributed by atoms with Crippen LogP contribution in [-0.4, -0.2) is 21.3 Å². The highest BCUT2D eigenvalue weighted by Gasteiger charge is 2.29. The lowest BCUT2D eigenvalue weighted by atomic mass is 9.87. The number of rotatable bonds is 2. The Bertz CT molecular complexity index is 381. The first-order valence-electron chi connectivity index (χ1n) is 4.47. The van der Waals surface area contributed by atoms with Gasteiger partial charge in [0, 0.05) is 16.7 Å². The normalized spacial score (nSPS) is 13.9. The molecule has 1 heterocycles. The Hall–Kier alpha value is -1.07. The predicted molar refractivity (Wildman–Crippen MR) is 56.9 cm³/mol. The summed E-state index contributed by atoms with van der Waals surface area (Å²) >= 11 is 5.80. The van der Waals surface area contributed by atoms with Crippen molar-refractivity contribution in [1.29, 1.82) is 0 Å². The molecule has 5 nitrogen and oxygen atoms in total. The SMILES string of the molecule is CC(C)(C)c1[nH]nc(Cl)c1C(N)C(=O)O. The maximum atomic E-state index is 10.8. The molecule has 0 aliphatic rings. The van der Waals surface area contributed by atoms with Crippen LogP contribution in [0.2, 0.25) is 5.15 Å². The topological polar surface area (TPSA) is 92.0 Å². The molecule has 0 bridgehead atoms. The highest BCUT2D eigenvalue weighted by molar-refractivity contribution is 6.30. The number of hydrogen-bond acceptors (Lipinski definition) is 3. The van der Waals surface area contributed by atoms with Crippen LogP contribution in [0.25, 0.3) is 0 Å². The largest absolute Gasteiger partial charge is 0.480 e. The van der Waals surface area contributed by atoms with Crippen molar-refractivity contribution in [2.45, 2.75) is 32.2 Å². The lowest BCUT2D eigenvalue weighted by molar-refractivity contribution is -0.138. The summed E-state index contributed by atoms with van der Waals surface area (Å²) in [6.07, 6.45) is 0. The minimum absolute atomic E-state index is 0.120. The van der Waals surface area contributed by atoms with E-state index in [1.54, 1.807) is 0 Å². The third kappa shape index (κ3) is 2.30. The molecular formula is C9H14ClN3O2. The molecule has 15 heavy (non-hydrogen) atoms. The summed E-state index contributed by atoms with van der Waals surface area (Å²) in [4.78, 5) is 10.8. The zero-order valence-electron chi connectivity index (χ0n) is 8.84. The molecule has 0 aliphatic carbocycles. The molecule has 1 atom stereocenters. The predicted octanol–water partition coefficient (Wildman–Crippen LogP) is 1.45. The fourth-order valence-corrected chi connectivity index (χ4v) is 1.56. The van der Waals surface area contributed by atoms with Crippen LogP contribution in [-0.2, 0) is 10.2 Å². The van der Waals surface area contributed by atoms with Gasteiger partial charge in [-0.3, -0.25) is 9.89 Å². The summed E-state index contributed by atoms with van der Waals surface area (Å²) in [5.41, 5.74) is 6.27. The van der Waals surface area contributed by atoms with Crippen LogP contribution in [0.1, 0.15) is 38.1 Å². The van der Waals surface area contributed by atoms with Crippen molar-refractivity contribution in [3.63, 3.8) is 0 Å². The van der Waals surface area contributed by atoms with Crippen molar-refractivity contribution < 1.29 is 9.90 Å². The molecule has 0 radical (unpaired) electrons. The monoisotopic (exact) mass is 231 g/mol. The summed E-state index contributed by atoms with van der Waals surface area (Å²) in [6, 6.07) is -1.15.